The lowest BCUT2D eigenvalue weighted by atomic mass is 10.2. The summed E-state index contributed by atoms with van der Waals surface area (Å²) < 4.78 is 23.5. The Balaban J connectivity index is 2.09. The maximum absolute atomic E-state index is 11.1. The molecule has 0 aliphatic rings. The van der Waals surface area contributed by atoms with Crippen LogP contribution in [0, 0.1) is 0 Å². The van der Waals surface area contributed by atoms with E-state index in [1.807, 2.05) is 30.3 Å². The van der Waals surface area contributed by atoms with Gasteiger partial charge in [-0.15, -0.1) is 0 Å². The van der Waals surface area contributed by atoms with E-state index in [2.05, 4.69) is 4.98 Å². The van der Waals surface area contributed by atoms with Crippen LogP contribution in [0.2, 0.25) is 0 Å². The summed E-state index contributed by atoms with van der Waals surface area (Å²) in [5, 5.41) is 0.613. The van der Waals surface area contributed by atoms with Crippen LogP contribution >= 0.6 is 11.8 Å². The van der Waals surface area contributed by atoms with Gasteiger partial charge in [0.1, 0.15) is 9.84 Å². The van der Waals surface area contributed by atoms with Crippen LogP contribution in [0.15, 0.2) is 41.7 Å². The molecule has 0 saturated carbocycles. The summed E-state index contributed by atoms with van der Waals surface area (Å²) in [6, 6.07) is 9.70. The van der Waals surface area contributed by atoms with Gasteiger partial charge in [-0.3, -0.25) is 0 Å². The Morgan fingerprint density at radius 3 is 2.63 bits per heavy atom. The van der Waals surface area contributed by atoms with Crippen LogP contribution in [0.1, 0.15) is 0 Å². The lowest BCUT2D eigenvalue weighted by molar-refractivity contribution is 0.603. The second kappa shape index (κ2) is 5.66. The van der Waals surface area contributed by atoms with Crippen LogP contribution in [-0.4, -0.2) is 35.8 Å². The minimum atomic E-state index is -2.95. The van der Waals surface area contributed by atoms with Gasteiger partial charge in [-0.2, -0.15) is 0 Å². The van der Waals surface area contributed by atoms with E-state index in [1.54, 1.807) is 6.20 Å². The molecule has 0 atom stereocenters. The molecule has 0 unspecified atom stereocenters. The molecule has 19 heavy (non-hydrogen) atoms. The van der Waals surface area contributed by atoms with Crippen molar-refractivity contribution in [3.05, 3.63) is 36.5 Å². The highest BCUT2D eigenvalue weighted by molar-refractivity contribution is 8.00. The molecular formula is C12H15N3O2S2. The van der Waals surface area contributed by atoms with Crippen molar-refractivity contribution in [2.24, 2.45) is 0 Å². The van der Waals surface area contributed by atoms with Crippen molar-refractivity contribution in [3.8, 4) is 11.3 Å². The number of nitrogens with two attached hydrogens (primary N) is 1. The van der Waals surface area contributed by atoms with Crippen LogP contribution in [-0.2, 0) is 9.84 Å². The number of thioether (sulfide) groups is 1. The van der Waals surface area contributed by atoms with E-state index in [-0.39, 0.29) is 5.75 Å². The van der Waals surface area contributed by atoms with E-state index < -0.39 is 9.84 Å². The average molecular weight is 297 g/mol. The molecule has 0 bridgehead atoms. The fourth-order valence-electron chi connectivity index (χ4n) is 1.52. The lowest BCUT2D eigenvalue weighted by Gasteiger charge is -1.99. The molecule has 1 aromatic carbocycles. The second-order valence-corrected chi connectivity index (χ2v) is 7.48. The summed E-state index contributed by atoms with van der Waals surface area (Å²) in [4.78, 5) is 4.41. The number of hydrogen-bond acceptors (Lipinski definition) is 5. The molecule has 7 heteroatoms. The Morgan fingerprint density at radius 2 is 2.00 bits per heavy atom. The first-order valence-electron chi connectivity index (χ1n) is 5.66. The predicted molar refractivity (Wildman–Crippen MR) is 78.2 cm³/mol. The summed E-state index contributed by atoms with van der Waals surface area (Å²) in [6.07, 6.45) is 2.95. The smallest absolute Gasteiger partial charge is 0.187 e. The molecule has 1 aromatic heterocycles. The molecule has 0 aliphatic carbocycles. The van der Waals surface area contributed by atoms with E-state index in [1.165, 1.54) is 22.7 Å². The third-order valence-corrected chi connectivity index (χ3v) is 4.63. The molecule has 102 valence electrons. The van der Waals surface area contributed by atoms with Gasteiger partial charge >= 0.3 is 0 Å². The van der Waals surface area contributed by atoms with Crippen molar-refractivity contribution in [2.75, 3.05) is 23.6 Å². The molecule has 0 radical (unpaired) electrons. The topological polar surface area (TPSA) is 78.0 Å². The quantitative estimate of drug-likeness (QED) is 0.667. The van der Waals surface area contributed by atoms with Crippen molar-refractivity contribution in [3.63, 3.8) is 0 Å². The van der Waals surface area contributed by atoms with E-state index in [0.717, 1.165) is 11.3 Å². The molecule has 0 fully saturated rings. The standard InChI is InChI=1S/C12H15N3O2S2/c1-19(16,17)8-7-18-12-14-11(9-15(12)13)10-5-3-2-4-6-10/h2-6,9H,7-8,13H2,1H3. The van der Waals surface area contributed by atoms with Crippen LogP contribution in [0.4, 0.5) is 0 Å². The fourth-order valence-corrected chi connectivity index (χ4v) is 3.61. The highest BCUT2D eigenvalue weighted by Crippen LogP contribution is 2.22. The SMILES string of the molecule is CS(=O)(=O)CCSc1nc(-c2ccccc2)cn1N. The Bertz CT molecular complexity index is 651. The van der Waals surface area contributed by atoms with Gasteiger partial charge in [-0.05, 0) is 0 Å². The average Bonchev–Trinajstić information content (AvgIpc) is 2.71. The third kappa shape index (κ3) is 4.00. The van der Waals surface area contributed by atoms with E-state index >= 15 is 0 Å². The largest absolute Gasteiger partial charge is 0.337 e. The van der Waals surface area contributed by atoms with Gasteiger partial charge < -0.3 is 5.84 Å². The number of nitrogens with zero attached hydrogens (tertiary/aromatic N) is 2. The van der Waals surface area contributed by atoms with Crippen molar-refractivity contribution in [2.45, 2.75) is 5.16 Å². The van der Waals surface area contributed by atoms with Gasteiger partial charge in [0.05, 0.1) is 17.6 Å². The minimum absolute atomic E-state index is 0.116. The number of imidazole rings is 1. The Kier molecular flexibility index (Phi) is 4.16. The van der Waals surface area contributed by atoms with Gasteiger partial charge in [-0.1, -0.05) is 42.1 Å². The van der Waals surface area contributed by atoms with Crippen molar-refractivity contribution >= 4 is 21.6 Å². The highest BCUT2D eigenvalue weighted by Gasteiger charge is 2.09. The zero-order valence-corrected chi connectivity index (χ0v) is 12.1. The van der Waals surface area contributed by atoms with Crippen LogP contribution in [0.5, 0.6) is 0 Å². The van der Waals surface area contributed by atoms with Crippen molar-refractivity contribution in [1.29, 1.82) is 0 Å². The minimum Gasteiger partial charge on any atom is -0.337 e. The molecule has 0 amide bonds. The molecule has 0 saturated heterocycles. The van der Waals surface area contributed by atoms with Crippen LogP contribution in [0.3, 0.4) is 0 Å². The fraction of sp³-hybridized carbons (Fsp3) is 0.250. The van der Waals surface area contributed by atoms with Crippen LogP contribution in [0.25, 0.3) is 11.3 Å². The first kappa shape index (κ1) is 14.0. The third-order valence-electron chi connectivity index (χ3n) is 2.45. The number of sulfone groups is 1. The zero-order chi connectivity index (χ0) is 13.9. The normalized spacial score (nSPS) is 11.6. The van der Waals surface area contributed by atoms with E-state index in [9.17, 15) is 8.42 Å². The highest BCUT2D eigenvalue weighted by atomic mass is 32.2. The molecule has 0 spiro atoms. The molecular weight excluding hydrogens is 282 g/mol. The molecule has 2 aromatic rings. The summed E-state index contributed by atoms with van der Waals surface area (Å²) in [5.41, 5.74) is 1.77. The summed E-state index contributed by atoms with van der Waals surface area (Å²) in [6.45, 7) is 0. The Morgan fingerprint density at radius 1 is 1.32 bits per heavy atom. The van der Waals surface area contributed by atoms with Gasteiger partial charge in [0.25, 0.3) is 0 Å². The second-order valence-electron chi connectivity index (χ2n) is 4.16. The number of hydrogen-bond donors (Lipinski definition) is 1. The molecule has 2 N–H and O–H groups in total. The number of aromatic nitrogens is 2. The molecule has 2 rings (SSSR count). The van der Waals surface area contributed by atoms with Gasteiger partial charge in [0.15, 0.2) is 5.16 Å². The summed E-state index contributed by atoms with van der Waals surface area (Å²) >= 11 is 1.34. The van der Waals surface area contributed by atoms with Crippen molar-refractivity contribution < 1.29 is 8.42 Å². The molecule has 0 aliphatic heterocycles. The first-order valence-corrected chi connectivity index (χ1v) is 8.71. The number of rotatable bonds is 5. The first-order chi connectivity index (χ1) is 8.96. The summed E-state index contributed by atoms with van der Waals surface area (Å²) in [7, 11) is -2.95. The van der Waals surface area contributed by atoms with Crippen molar-refractivity contribution in [1.82, 2.24) is 9.66 Å². The maximum atomic E-state index is 11.1. The van der Waals surface area contributed by atoms with Gasteiger partial charge in [0.2, 0.25) is 0 Å². The number of benzene rings is 1. The zero-order valence-electron chi connectivity index (χ0n) is 10.5. The maximum Gasteiger partial charge on any atom is 0.187 e. The monoisotopic (exact) mass is 297 g/mol. The predicted octanol–water partition coefficient (Wildman–Crippen LogP) is 1.40. The van der Waals surface area contributed by atoms with Gasteiger partial charge in [0, 0.05) is 17.6 Å². The molecule has 5 nitrogen and oxygen atoms in total. The Hall–Kier alpha value is -1.47. The van der Waals surface area contributed by atoms with E-state index in [0.29, 0.717) is 10.9 Å². The van der Waals surface area contributed by atoms with Gasteiger partial charge in [-0.25, -0.2) is 18.1 Å². The summed E-state index contributed by atoms with van der Waals surface area (Å²) in [5.74, 6) is 6.37. The lowest BCUT2D eigenvalue weighted by Crippen LogP contribution is -2.10. The molecule has 1 heterocycles. The van der Waals surface area contributed by atoms with E-state index in [4.69, 9.17) is 5.84 Å². The Labute approximate surface area is 116 Å². The van der Waals surface area contributed by atoms with Crippen LogP contribution < -0.4 is 5.84 Å². The number of nitrogen functional groups attached to an aromatic ring is 1.